The quantitative estimate of drug-likeness (QED) is 0.523. The highest BCUT2D eigenvalue weighted by molar-refractivity contribution is 5.61. The lowest BCUT2D eigenvalue weighted by Gasteiger charge is -2.32. The van der Waals surface area contributed by atoms with Gasteiger partial charge in [-0.15, -0.1) is 0 Å². The van der Waals surface area contributed by atoms with E-state index in [0.29, 0.717) is 18.4 Å². The Labute approximate surface area is 91.0 Å². The van der Waals surface area contributed by atoms with Crippen LogP contribution < -0.4 is 0 Å². The van der Waals surface area contributed by atoms with Crippen LogP contribution in [-0.2, 0) is 9.53 Å². The molecule has 0 heterocycles. The van der Waals surface area contributed by atoms with E-state index in [2.05, 4.69) is 31.9 Å². The SMILES string of the molecule is CC(C)COC1(C)C(=C=O)C2C=CC1C2. The molecule has 0 aromatic carbocycles. The zero-order valence-corrected chi connectivity index (χ0v) is 9.62. The van der Waals surface area contributed by atoms with E-state index in [1.165, 1.54) is 0 Å². The third kappa shape index (κ3) is 1.58. The van der Waals surface area contributed by atoms with Gasteiger partial charge < -0.3 is 4.74 Å². The lowest BCUT2D eigenvalue weighted by atomic mass is 9.86. The molecular weight excluding hydrogens is 188 g/mol. The van der Waals surface area contributed by atoms with E-state index >= 15 is 0 Å². The first-order valence-electron chi connectivity index (χ1n) is 5.65. The van der Waals surface area contributed by atoms with Crippen LogP contribution in [0.25, 0.3) is 0 Å². The summed E-state index contributed by atoms with van der Waals surface area (Å²) < 4.78 is 5.94. The molecule has 15 heavy (non-hydrogen) atoms. The monoisotopic (exact) mass is 206 g/mol. The van der Waals surface area contributed by atoms with Crippen molar-refractivity contribution in [1.82, 2.24) is 0 Å². The second kappa shape index (κ2) is 3.62. The molecule has 3 unspecified atom stereocenters. The Morgan fingerprint density at radius 2 is 2.33 bits per heavy atom. The summed E-state index contributed by atoms with van der Waals surface area (Å²) in [5, 5.41) is 0. The van der Waals surface area contributed by atoms with Crippen molar-refractivity contribution in [3.05, 3.63) is 17.7 Å². The maximum atomic E-state index is 11.0. The maximum absolute atomic E-state index is 11.0. The van der Waals surface area contributed by atoms with E-state index in [4.69, 9.17) is 4.74 Å². The Morgan fingerprint density at radius 3 is 2.93 bits per heavy atom. The van der Waals surface area contributed by atoms with Gasteiger partial charge in [-0.05, 0) is 19.3 Å². The highest BCUT2D eigenvalue weighted by atomic mass is 16.5. The predicted molar refractivity (Wildman–Crippen MR) is 59.1 cm³/mol. The third-order valence-electron chi connectivity index (χ3n) is 3.52. The second-order valence-electron chi connectivity index (χ2n) is 5.16. The number of rotatable bonds is 3. The molecule has 2 nitrogen and oxygen atoms in total. The van der Waals surface area contributed by atoms with Crippen LogP contribution >= 0.6 is 0 Å². The molecule has 2 bridgehead atoms. The van der Waals surface area contributed by atoms with Crippen molar-refractivity contribution in [2.75, 3.05) is 6.61 Å². The molecule has 1 saturated carbocycles. The zero-order valence-electron chi connectivity index (χ0n) is 9.62. The molecule has 3 atom stereocenters. The molecule has 0 N–H and O–H groups in total. The topological polar surface area (TPSA) is 26.3 Å². The summed E-state index contributed by atoms with van der Waals surface area (Å²) in [6, 6.07) is 0. The Bertz CT molecular complexity index is 336. The van der Waals surface area contributed by atoms with Crippen LogP contribution in [0.15, 0.2) is 17.7 Å². The van der Waals surface area contributed by atoms with Crippen molar-refractivity contribution in [3.8, 4) is 0 Å². The van der Waals surface area contributed by atoms with Crippen LogP contribution in [0, 0.1) is 17.8 Å². The molecule has 2 aliphatic rings. The first-order valence-corrected chi connectivity index (χ1v) is 5.65. The number of hydrogen-bond donors (Lipinski definition) is 0. The highest BCUT2D eigenvalue weighted by Crippen LogP contribution is 2.51. The van der Waals surface area contributed by atoms with Crippen LogP contribution in [-0.4, -0.2) is 18.1 Å². The molecule has 0 aliphatic heterocycles. The fourth-order valence-electron chi connectivity index (χ4n) is 2.59. The minimum absolute atomic E-state index is 0.282. The van der Waals surface area contributed by atoms with Crippen LogP contribution in [0.1, 0.15) is 27.2 Å². The molecular formula is C13H18O2. The molecule has 0 spiro atoms. The summed E-state index contributed by atoms with van der Waals surface area (Å²) in [5.41, 5.74) is 0.432. The zero-order chi connectivity index (χ0) is 11.1. The van der Waals surface area contributed by atoms with Gasteiger partial charge in [0.25, 0.3) is 0 Å². The van der Waals surface area contributed by atoms with Crippen LogP contribution in [0.5, 0.6) is 0 Å². The molecule has 2 rings (SSSR count). The van der Waals surface area contributed by atoms with Gasteiger partial charge in [0.2, 0.25) is 0 Å². The average molecular weight is 206 g/mol. The molecule has 1 fully saturated rings. The molecule has 0 amide bonds. The Balaban J connectivity index is 2.19. The normalized spacial score (nSPS) is 37.7. The summed E-state index contributed by atoms with van der Waals surface area (Å²) >= 11 is 0. The smallest absolute Gasteiger partial charge is 0.127 e. The fraction of sp³-hybridized carbons (Fsp3) is 0.692. The molecule has 2 heteroatoms. The molecule has 0 aromatic rings. The van der Waals surface area contributed by atoms with Crippen molar-refractivity contribution in [2.45, 2.75) is 32.8 Å². The van der Waals surface area contributed by atoms with Crippen molar-refractivity contribution in [2.24, 2.45) is 17.8 Å². The summed E-state index contributed by atoms with van der Waals surface area (Å²) in [4.78, 5) is 11.0. The second-order valence-corrected chi connectivity index (χ2v) is 5.16. The predicted octanol–water partition coefficient (Wildman–Crippen LogP) is 2.38. The van der Waals surface area contributed by atoms with E-state index in [0.717, 1.165) is 12.0 Å². The van der Waals surface area contributed by atoms with Crippen LogP contribution in [0.4, 0.5) is 0 Å². The Morgan fingerprint density at radius 1 is 1.60 bits per heavy atom. The van der Waals surface area contributed by atoms with E-state index in [9.17, 15) is 4.79 Å². The molecule has 82 valence electrons. The number of ether oxygens (including phenoxy) is 1. The van der Waals surface area contributed by atoms with Gasteiger partial charge >= 0.3 is 0 Å². The van der Waals surface area contributed by atoms with Gasteiger partial charge in [-0.2, -0.15) is 0 Å². The molecule has 0 radical (unpaired) electrons. The van der Waals surface area contributed by atoms with E-state index < -0.39 is 0 Å². The summed E-state index contributed by atoms with van der Waals surface area (Å²) in [7, 11) is 0. The number of carbonyl (C=O) groups excluding carboxylic acids is 1. The van der Waals surface area contributed by atoms with Gasteiger partial charge in [-0.25, -0.2) is 4.79 Å². The lowest BCUT2D eigenvalue weighted by Crippen LogP contribution is -2.37. The Kier molecular flexibility index (Phi) is 2.57. The minimum atomic E-state index is -0.383. The van der Waals surface area contributed by atoms with E-state index in [1.807, 2.05) is 6.92 Å². The van der Waals surface area contributed by atoms with Gasteiger partial charge in [0.15, 0.2) is 0 Å². The van der Waals surface area contributed by atoms with Gasteiger partial charge in [-0.3, -0.25) is 0 Å². The standard InChI is InChI=1S/C13H18O2/c1-9(2)8-15-13(3)11-5-4-10(6-11)12(13)7-14/h4-5,9-11H,6,8H2,1-3H3. The number of fused-ring (bicyclic) bond motifs is 2. The van der Waals surface area contributed by atoms with E-state index in [-0.39, 0.29) is 11.5 Å². The lowest BCUT2D eigenvalue weighted by molar-refractivity contribution is -0.0327. The number of allylic oxidation sites excluding steroid dienone is 1. The third-order valence-corrected chi connectivity index (χ3v) is 3.52. The van der Waals surface area contributed by atoms with Gasteiger partial charge in [-0.1, -0.05) is 26.0 Å². The van der Waals surface area contributed by atoms with E-state index in [1.54, 1.807) is 0 Å². The van der Waals surface area contributed by atoms with Gasteiger partial charge in [0, 0.05) is 11.8 Å². The van der Waals surface area contributed by atoms with Crippen molar-refractivity contribution in [1.29, 1.82) is 0 Å². The van der Waals surface area contributed by atoms with Crippen LogP contribution in [0.2, 0.25) is 0 Å². The summed E-state index contributed by atoms with van der Waals surface area (Å²) in [5.74, 6) is 3.25. The highest BCUT2D eigenvalue weighted by Gasteiger charge is 2.51. The van der Waals surface area contributed by atoms with Gasteiger partial charge in [0.1, 0.15) is 11.5 Å². The summed E-state index contributed by atoms with van der Waals surface area (Å²) in [6.07, 6.45) is 5.33. The average Bonchev–Trinajstić information content (AvgIpc) is 2.74. The number of hydrogen-bond acceptors (Lipinski definition) is 2. The molecule has 2 aliphatic carbocycles. The maximum Gasteiger partial charge on any atom is 0.127 e. The first-order chi connectivity index (χ1) is 7.08. The van der Waals surface area contributed by atoms with Gasteiger partial charge in [0.05, 0.1) is 12.2 Å². The molecule has 0 saturated heterocycles. The Hall–Kier alpha value is -0.850. The first kappa shape index (κ1) is 10.7. The van der Waals surface area contributed by atoms with Crippen molar-refractivity contribution in [3.63, 3.8) is 0 Å². The summed E-state index contributed by atoms with van der Waals surface area (Å²) in [6.45, 7) is 6.98. The minimum Gasteiger partial charge on any atom is -0.369 e. The largest absolute Gasteiger partial charge is 0.369 e. The fourth-order valence-corrected chi connectivity index (χ4v) is 2.59. The van der Waals surface area contributed by atoms with Crippen molar-refractivity contribution >= 4 is 5.94 Å². The molecule has 0 aromatic heterocycles. The van der Waals surface area contributed by atoms with Crippen LogP contribution in [0.3, 0.4) is 0 Å². The van der Waals surface area contributed by atoms with Crippen molar-refractivity contribution < 1.29 is 9.53 Å².